The number of benzene rings is 1. The van der Waals surface area contributed by atoms with Gasteiger partial charge in [0.1, 0.15) is 0 Å². The first-order valence-corrected chi connectivity index (χ1v) is 6.64. The minimum atomic E-state index is 0.397. The highest BCUT2D eigenvalue weighted by molar-refractivity contribution is 5.31. The van der Waals surface area contributed by atoms with Crippen molar-refractivity contribution in [2.45, 2.75) is 51.2 Å². The van der Waals surface area contributed by atoms with E-state index in [4.69, 9.17) is 4.74 Å². The molecule has 1 aliphatic heterocycles. The van der Waals surface area contributed by atoms with E-state index in [-0.39, 0.29) is 0 Å². The molecule has 16 heavy (non-hydrogen) atoms. The van der Waals surface area contributed by atoms with Crippen molar-refractivity contribution in [3.8, 4) is 0 Å². The minimum Gasteiger partial charge on any atom is -0.369 e. The predicted molar refractivity (Wildman–Crippen MR) is 65.2 cm³/mol. The van der Waals surface area contributed by atoms with Gasteiger partial charge in [-0.15, -0.1) is 0 Å². The molecule has 0 N–H and O–H groups in total. The summed E-state index contributed by atoms with van der Waals surface area (Å²) in [6.07, 6.45) is 8.75. The Kier molecular flexibility index (Phi) is 2.96. The van der Waals surface area contributed by atoms with Crippen LogP contribution in [0.15, 0.2) is 24.3 Å². The molecular formula is C15H20O. The van der Waals surface area contributed by atoms with Crippen LogP contribution >= 0.6 is 0 Å². The Balaban J connectivity index is 1.80. The first-order valence-electron chi connectivity index (χ1n) is 6.64. The molecule has 0 amide bonds. The lowest BCUT2D eigenvalue weighted by Crippen LogP contribution is -2.11. The fourth-order valence-electron chi connectivity index (χ4n) is 3.22. The van der Waals surface area contributed by atoms with Crippen LogP contribution in [0.25, 0.3) is 0 Å². The lowest BCUT2D eigenvalue weighted by Gasteiger charge is -2.22. The fraction of sp³-hybridized carbons (Fsp3) is 0.600. The molecule has 1 aliphatic carbocycles. The summed E-state index contributed by atoms with van der Waals surface area (Å²) in [5, 5.41) is 0. The minimum absolute atomic E-state index is 0.397. The monoisotopic (exact) mass is 216 g/mol. The zero-order valence-corrected chi connectivity index (χ0v) is 9.82. The van der Waals surface area contributed by atoms with Gasteiger partial charge >= 0.3 is 0 Å². The predicted octanol–water partition coefficient (Wildman–Crippen LogP) is 4.23. The Bertz CT molecular complexity index is 350. The van der Waals surface area contributed by atoms with Crippen molar-refractivity contribution in [2.24, 2.45) is 5.92 Å². The van der Waals surface area contributed by atoms with Gasteiger partial charge < -0.3 is 4.74 Å². The van der Waals surface area contributed by atoms with Gasteiger partial charge in [-0.2, -0.15) is 0 Å². The Hall–Kier alpha value is -0.820. The molecule has 0 spiro atoms. The maximum absolute atomic E-state index is 6.02. The van der Waals surface area contributed by atoms with Crippen LogP contribution in [0.2, 0.25) is 0 Å². The highest BCUT2D eigenvalue weighted by Gasteiger charge is 2.30. The second kappa shape index (κ2) is 4.58. The Morgan fingerprint density at radius 3 is 2.50 bits per heavy atom. The Morgan fingerprint density at radius 1 is 0.938 bits per heavy atom. The molecule has 1 fully saturated rings. The number of rotatable bonds is 1. The van der Waals surface area contributed by atoms with Crippen molar-refractivity contribution in [1.82, 2.24) is 0 Å². The van der Waals surface area contributed by atoms with E-state index in [9.17, 15) is 0 Å². The highest BCUT2D eigenvalue weighted by atomic mass is 16.5. The van der Waals surface area contributed by atoms with Crippen LogP contribution in [0.4, 0.5) is 0 Å². The van der Waals surface area contributed by atoms with Gasteiger partial charge in [0.2, 0.25) is 0 Å². The average molecular weight is 216 g/mol. The molecule has 1 unspecified atom stereocenters. The molecule has 86 valence electrons. The molecule has 1 aromatic rings. The SMILES string of the molecule is c1ccc2c(c1)COC2C1CCCCCC1. The number of ether oxygens (including phenoxy) is 1. The summed E-state index contributed by atoms with van der Waals surface area (Å²) >= 11 is 0. The maximum atomic E-state index is 6.02. The molecule has 1 heterocycles. The Morgan fingerprint density at radius 2 is 1.69 bits per heavy atom. The molecule has 1 atom stereocenters. The molecule has 0 aromatic heterocycles. The lowest BCUT2D eigenvalue weighted by molar-refractivity contribution is 0.0179. The van der Waals surface area contributed by atoms with Gasteiger partial charge in [0, 0.05) is 0 Å². The van der Waals surface area contributed by atoms with Crippen molar-refractivity contribution in [1.29, 1.82) is 0 Å². The number of fused-ring (bicyclic) bond motifs is 1. The molecule has 0 saturated heterocycles. The van der Waals surface area contributed by atoms with E-state index < -0.39 is 0 Å². The molecular weight excluding hydrogens is 196 g/mol. The second-order valence-corrected chi connectivity index (χ2v) is 5.18. The largest absolute Gasteiger partial charge is 0.369 e. The zero-order valence-electron chi connectivity index (χ0n) is 9.82. The van der Waals surface area contributed by atoms with E-state index in [1.165, 1.54) is 49.7 Å². The van der Waals surface area contributed by atoms with E-state index in [1.54, 1.807) is 0 Å². The summed E-state index contributed by atoms with van der Waals surface area (Å²) in [6, 6.07) is 8.75. The van der Waals surface area contributed by atoms with Gasteiger partial charge in [-0.25, -0.2) is 0 Å². The van der Waals surface area contributed by atoms with Crippen molar-refractivity contribution in [3.63, 3.8) is 0 Å². The summed E-state index contributed by atoms with van der Waals surface area (Å²) in [7, 11) is 0. The highest BCUT2D eigenvalue weighted by Crippen LogP contribution is 2.41. The van der Waals surface area contributed by atoms with E-state index >= 15 is 0 Å². The van der Waals surface area contributed by atoms with Crippen LogP contribution in [0.5, 0.6) is 0 Å². The topological polar surface area (TPSA) is 9.23 Å². The summed E-state index contributed by atoms with van der Waals surface area (Å²) in [6.45, 7) is 0.831. The smallest absolute Gasteiger partial charge is 0.0861 e. The number of hydrogen-bond acceptors (Lipinski definition) is 1. The van der Waals surface area contributed by atoms with Gasteiger partial charge in [0.25, 0.3) is 0 Å². The quantitative estimate of drug-likeness (QED) is 0.638. The zero-order chi connectivity index (χ0) is 10.8. The summed E-state index contributed by atoms with van der Waals surface area (Å²) < 4.78 is 6.02. The van der Waals surface area contributed by atoms with E-state index in [0.29, 0.717) is 6.10 Å². The second-order valence-electron chi connectivity index (χ2n) is 5.18. The van der Waals surface area contributed by atoms with Gasteiger partial charge in [-0.05, 0) is 29.9 Å². The van der Waals surface area contributed by atoms with Crippen LogP contribution in [0.3, 0.4) is 0 Å². The van der Waals surface area contributed by atoms with Gasteiger partial charge in [0.05, 0.1) is 12.7 Å². The van der Waals surface area contributed by atoms with E-state index in [2.05, 4.69) is 24.3 Å². The van der Waals surface area contributed by atoms with Crippen LogP contribution in [-0.2, 0) is 11.3 Å². The van der Waals surface area contributed by atoms with Gasteiger partial charge in [-0.3, -0.25) is 0 Å². The summed E-state index contributed by atoms with van der Waals surface area (Å²) in [5.74, 6) is 0.770. The third-order valence-corrected chi connectivity index (χ3v) is 4.11. The summed E-state index contributed by atoms with van der Waals surface area (Å²) in [5.41, 5.74) is 2.88. The lowest BCUT2D eigenvalue weighted by atomic mass is 9.89. The molecule has 2 aliphatic rings. The molecule has 1 aromatic carbocycles. The molecule has 1 heteroatoms. The standard InChI is InChI=1S/C15H20O/c1-2-4-8-12(7-3-1)15-14-10-6-5-9-13(14)11-16-15/h5-6,9-10,12,15H,1-4,7-8,11H2. The van der Waals surface area contributed by atoms with Gasteiger partial charge in [0.15, 0.2) is 0 Å². The van der Waals surface area contributed by atoms with Gasteiger partial charge in [-0.1, -0.05) is 49.9 Å². The first kappa shape index (κ1) is 10.3. The Labute approximate surface area is 97.8 Å². The fourth-order valence-corrected chi connectivity index (χ4v) is 3.22. The average Bonchev–Trinajstić information content (AvgIpc) is 2.57. The first-order chi connectivity index (χ1) is 7.95. The van der Waals surface area contributed by atoms with Crippen molar-refractivity contribution >= 4 is 0 Å². The van der Waals surface area contributed by atoms with Crippen LogP contribution in [-0.4, -0.2) is 0 Å². The van der Waals surface area contributed by atoms with Crippen molar-refractivity contribution < 1.29 is 4.74 Å². The molecule has 1 nitrogen and oxygen atoms in total. The van der Waals surface area contributed by atoms with Crippen LogP contribution in [0.1, 0.15) is 55.8 Å². The van der Waals surface area contributed by atoms with Crippen LogP contribution in [0, 0.1) is 5.92 Å². The third kappa shape index (κ3) is 1.89. The molecule has 0 radical (unpaired) electrons. The maximum Gasteiger partial charge on any atom is 0.0861 e. The van der Waals surface area contributed by atoms with E-state index in [0.717, 1.165) is 12.5 Å². The molecule has 1 saturated carbocycles. The van der Waals surface area contributed by atoms with Crippen molar-refractivity contribution in [2.75, 3.05) is 0 Å². The van der Waals surface area contributed by atoms with Crippen molar-refractivity contribution in [3.05, 3.63) is 35.4 Å². The normalized spacial score (nSPS) is 26.4. The third-order valence-electron chi connectivity index (χ3n) is 4.11. The molecule has 3 rings (SSSR count). The van der Waals surface area contributed by atoms with E-state index in [1.807, 2.05) is 0 Å². The summed E-state index contributed by atoms with van der Waals surface area (Å²) in [4.78, 5) is 0. The molecule has 0 bridgehead atoms. The number of hydrogen-bond donors (Lipinski definition) is 0. The van der Waals surface area contributed by atoms with Crippen LogP contribution < -0.4 is 0 Å².